The van der Waals surface area contributed by atoms with Crippen LogP contribution in [0, 0.1) is 4.91 Å². The molecule has 0 fully saturated rings. The first kappa shape index (κ1) is 8.32. The van der Waals surface area contributed by atoms with Crippen LogP contribution in [0.2, 0.25) is 7.96 Å². The third-order valence-corrected chi connectivity index (χ3v) is 9.68. The van der Waals surface area contributed by atoms with Gasteiger partial charge in [0.1, 0.15) is 0 Å². The number of rotatable bonds is 4. The van der Waals surface area contributed by atoms with E-state index in [0.717, 1.165) is 7.96 Å². The van der Waals surface area contributed by atoms with Crippen molar-refractivity contribution in [3.63, 3.8) is 0 Å². The summed E-state index contributed by atoms with van der Waals surface area (Å²) >= 11 is -1.89. The van der Waals surface area contributed by atoms with Crippen LogP contribution in [0.15, 0.2) is 5.34 Å². The van der Waals surface area contributed by atoms with Crippen molar-refractivity contribution in [3.8, 4) is 0 Å². The molecule has 0 aromatic rings. The molecule has 0 aromatic carbocycles. The van der Waals surface area contributed by atoms with Crippen molar-refractivity contribution in [1.82, 2.24) is 0 Å². The molecular formula is C4H10NO2Tl. The second kappa shape index (κ2) is 5.46. The monoisotopic (exact) mass is 309 g/mol. The van der Waals surface area contributed by atoms with Crippen LogP contribution >= 0.6 is 0 Å². The summed E-state index contributed by atoms with van der Waals surface area (Å²) in [6, 6.07) is 0. The maximum atomic E-state index is 9.52. The van der Waals surface area contributed by atoms with Crippen molar-refractivity contribution in [1.29, 1.82) is 0 Å². The van der Waals surface area contributed by atoms with Crippen molar-refractivity contribution in [3.05, 3.63) is 4.91 Å². The van der Waals surface area contributed by atoms with Crippen LogP contribution in [-0.4, -0.2) is 23.2 Å². The quantitative estimate of drug-likeness (QED) is 0.450. The topological polar surface area (TPSA) is 38.7 Å². The summed E-state index contributed by atoms with van der Waals surface area (Å²) in [5.41, 5.74) is 0. The first-order valence-corrected chi connectivity index (χ1v) is 11.0. The van der Waals surface area contributed by atoms with Crippen molar-refractivity contribution in [2.75, 3.05) is 0 Å². The number of nitrogens with zero attached hydrogens (tertiary/aromatic N) is 1. The van der Waals surface area contributed by atoms with Gasteiger partial charge in [-0.3, -0.25) is 0 Å². The maximum absolute atomic E-state index is 9.52. The van der Waals surface area contributed by atoms with Gasteiger partial charge in [-0.15, -0.1) is 0 Å². The zero-order chi connectivity index (χ0) is 6.41. The predicted octanol–water partition coefficient (Wildman–Crippen LogP) is 1.72. The van der Waals surface area contributed by atoms with Crippen molar-refractivity contribution >= 4 is 23.2 Å². The molecule has 0 atom stereocenters. The van der Waals surface area contributed by atoms with E-state index in [0.29, 0.717) is 0 Å². The van der Waals surface area contributed by atoms with Gasteiger partial charge >= 0.3 is 58.0 Å². The second-order valence-electron chi connectivity index (χ2n) is 1.62. The van der Waals surface area contributed by atoms with Crippen LogP contribution < -0.4 is 0 Å². The fourth-order valence-electron chi connectivity index (χ4n) is 0.499. The average molecular weight is 309 g/mol. The SMILES string of the molecule is C[CH2][Tl]([CH2]C)[O]N=O. The molecule has 0 unspecified atom stereocenters. The summed E-state index contributed by atoms with van der Waals surface area (Å²) in [7, 11) is 0. The van der Waals surface area contributed by atoms with Crippen LogP contribution in [0.4, 0.5) is 0 Å². The Morgan fingerprint density at radius 3 is 2.12 bits per heavy atom. The normalized spacial score (nSPS) is 8.25. The summed E-state index contributed by atoms with van der Waals surface area (Å²) in [6.07, 6.45) is 0. The zero-order valence-electron chi connectivity index (χ0n) is 5.26. The van der Waals surface area contributed by atoms with Crippen LogP contribution in [-0.2, 0) is 2.79 Å². The Balaban J connectivity index is 3.20. The molecule has 0 N–H and O–H groups in total. The summed E-state index contributed by atoms with van der Waals surface area (Å²) in [6.45, 7) is 4.11. The van der Waals surface area contributed by atoms with Gasteiger partial charge in [-0.1, -0.05) is 0 Å². The molecule has 0 spiro atoms. The van der Waals surface area contributed by atoms with Crippen LogP contribution in [0.3, 0.4) is 0 Å². The summed E-state index contributed by atoms with van der Waals surface area (Å²) in [5.74, 6) is 0. The van der Waals surface area contributed by atoms with Crippen molar-refractivity contribution in [2.45, 2.75) is 21.8 Å². The van der Waals surface area contributed by atoms with E-state index in [-0.39, 0.29) is 0 Å². The molecular weight excluding hydrogens is 298 g/mol. The van der Waals surface area contributed by atoms with Gasteiger partial charge in [0.15, 0.2) is 0 Å². The Bertz CT molecular complexity index is 65.1. The van der Waals surface area contributed by atoms with Gasteiger partial charge in [0, 0.05) is 0 Å². The predicted molar refractivity (Wildman–Crippen MR) is 33.6 cm³/mol. The molecule has 0 saturated heterocycles. The summed E-state index contributed by atoms with van der Waals surface area (Å²) in [4.78, 5) is 9.52. The molecule has 0 amide bonds. The minimum atomic E-state index is -1.89. The van der Waals surface area contributed by atoms with E-state index in [1.54, 1.807) is 0 Å². The van der Waals surface area contributed by atoms with Gasteiger partial charge in [0.05, 0.1) is 0 Å². The Hall–Kier alpha value is 0.322. The first-order valence-electron chi connectivity index (χ1n) is 2.83. The zero-order valence-corrected chi connectivity index (χ0v) is 9.74. The van der Waals surface area contributed by atoms with Crippen LogP contribution in [0.5, 0.6) is 0 Å². The molecule has 0 saturated carbocycles. The fraction of sp³-hybridized carbons (Fsp3) is 1.00. The molecule has 0 aromatic heterocycles. The minimum absolute atomic E-state index is 1.07. The molecule has 0 aliphatic carbocycles. The van der Waals surface area contributed by atoms with Gasteiger partial charge in [-0.2, -0.15) is 0 Å². The molecule has 0 rings (SSSR count). The Labute approximate surface area is 58.1 Å². The summed E-state index contributed by atoms with van der Waals surface area (Å²) < 4.78 is 6.78. The van der Waals surface area contributed by atoms with E-state index in [1.807, 2.05) is 0 Å². The van der Waals surface area contributed by atoms with Crippen molar-refractivity contribution < 1.29 is 2.79 Å². The third-order valence-electron chi connectivity index (χ3n) is 1.10. The molecule has 3 nitrogen and oxygen atoms in total. The van der Waals surface area contributed by atoms with E-state index >= 15 is 0 Å². The molecule has 8 heavy (non-hydrogen) atoms. The molecule has 4 heteroatoms. The van der Waals surface area contributed by atoms with E-state index < -0.39 is 23.2 Å². The van der Waals surface area contributed by atoms with Gasteiger partial charge in [-0.05, 0) is 0 Å². The van der Waals surface area contributed by atoms with Crippen LogP contribution in [0.1, 0.15) is 13.8 Å². The van der Waals surface area contributed by atoms with E-state index in [4.69, 9.17) is 0 Å². The van der Waals surface area contributed by atoms with E-state index in [1.165, 1.54) is 0 Å². The van der Waals surface area contributed by atoms with Crippen molar-refractivity contribution in [2.24, 2.45) is 5.34 Å². The molecule has 0 bridgehead atoms. The Morgan fingerprint density at radius 2 is 2.00 bits per heavy atom. The number of hydrogen-bond donors (Lipinski definition) is 0. The Kier molecular flexibility index (Phi) is 5.68. The van der Waals surface area contributed by atoms with Crippen LogP contribution in [0.25, 0.3) is 0 Å². The molecule has 0 aliphatic rings. The number of hydrogen-bond acceptors (Lipinski definition) is 3. The molecule has 46 valence electrons. The fourth-order valence-corrected chi connectivity index (χ4v) is 4.38. The van der Waals surface area contributed by atoms with Gasteiger partial charge in [0.2, 0.25) is 0 Å². The van der Waals surface area contributed by atoms with E-state index in [2.05, 4.69) is 22.0 Å². The molecule has 0 heterocycles. The second-order valence-corrected chi connectivity index (χ2v) is 13.6. The standard InChI is InChI=1S/2C2H5.HNO2.Tl/c2*1-2;2-1-3;/h2*1H2,2H3;(H,2,3);/q;;;+1/p-1. The third kappa shape index (κ3) is 3.34. The first-order chi connectivity index (χ1) is 3.85. The average Bonchev–Trinajstić information content (AvgIpc) is 1.83. The Morgan fingerprint density at radius 1 is 1.50 bits per heavy atom. The molecule has 0 aliphatic heterocycles. The molecule has 0 radical (unpaired) electrons. The van der Waals surface area contributed by atoms with Gasteiger partial charge < -0.3 is 0 Å². The van der Waals surface area contributed by atoms with Gasteiger partial charge in [0.25, 0.3) is 0 Å². The van der Waals surface area contributed by atoms with E-state index in [9.17, 15) is 4.91 Å². The summed E-state index contributed by atoms with van der Waals surface area (Å²) in [5, 5.41) is 2.43. The van der Waals surface area contributed by atoms with Gasteiger partial charge in [-0.25, -0.2) is 0 Å².